The molecule has 1 aromatic rings. The summed E-state index contributed by atoms with van der Waals surface area (Å²) < 4.78 is 1.89. The molecule has 0 fully saturated rings. The minimum absolute atomic E-state index is 0.520. The topological polar surface area (TPSA) is 107 Å². The molecule has 0 saturated heterocycles. The van der Waals surface area contributed by atoms with Crippen molar-refractivity contribution in [1.29, 1.82) is 0 Å². The molecule has 0 aliphatic heterocycles. The lowest BCUT2D eigenvalue weighted by Crippen LogP contribution is -2.29. The van der Waals surface area contributed by atoms with Crippen molar-refractivity contribution in [1.82, 2.24) is 9.55 Å². The van der Waals surface area contributed by atoms with Gasteiger partial charge in [-0.3, -0.25) is 4.79 Å². The second-order valence-corrected chi connectivity index (χ2v) is 3.46. The average molecular weight is 228 g/mol. The molecule has 5 N–H and O–H groups in total. The van der Waals surface area contributed by atoms with Crippen molar-refractivity contribution in [3.8, 4) is 0 Å². The van der Waals surface area contributed by atoms with Crippen LogP contribution < -0.4 is 11.5 Å². The quantitative estimate of drug-likeness (QED) is 0.612. The highest BCUT2D eigenvalue weighted by Crippen LogP contribution is 1.96. The number of rotatable bonds is 5. The van der Waals surface area contributed by atoms with Crippen molar-refractivity contribution in [2.45, 2.75) is 25.3 Å². The Hall–Kier alpha value is -1.40. The van der Waals surface area contributed by atoms with Gasteiger partial charge in [0.1, 0.15) is 6.04 Å². The molecule has 1 atom stereocenters. The van der Waals surface area contributed by atoms with Gasteiger partial charge >= 0.3 is 5.97 Å². The van der Waals surface area contributed by atoms with Gasteiger partial charge in [0.05, 0.1) is 6.33 Å². The first kappa shape index (κ1) is 14.6. The number of aryl methyl sites for hydroxylation is 1. The molecule has 1 heterocycles. The van der Waals surface area contributed by atoms with Gasteiger partial charge in [-0.2, -0.15) is 0 Å². The Labute approximate surface area is 95.3 Å². The van der Waals surface area contributed by atoms with Crippen molar-refractivity contribution < 1.29 is 9.90 Å². The summed E-state index contributed by atoms with van der Waals surface area (Å²) in [6.45, 7) is 0.604. The van der Waals surface area contributed by atoms with Gasteiger partial charge in [-0.05, 0) is 19.4 Å². The first-order valence-electron chi connectivity index (χ1n) is 5.18. The summed E-state index contributed by atoms with van der Waals surface area (Å²) in [7, 11) is 1.94. The average Bonchev–Trinajstić information content (AvgIpc) is 2.70. The number of aromatic nitrogens is 2. The highest BCUT2D eigenvalue weighted by molar-refractivity contribution is 5.72. The predicted octanol–water partition coefficient (Wildman–Crippen LogP) is -0.0526. The molecule has 1 aromatic heterocycles. The van der Waals surface area contributed by atoms with Crippen molar-refractivity contribution in [2.24, 2.45) is 18.5 Å². The highest BCUT2D eigenvalue weighted by Gasteiger charge is 2.09. The zero-order valence-electron chi connectivity index (χ0n) is 9.54. The molecule has 0 amide bonds. The molecular weight excluding hydrogens is 208 g/mol. The Morgan fingerprint density at radius 2 is 2.25 bits per heavy atom. The number of carbonyl (C=O) groups is 1. The third kappa shape index (κ3) is 7.95. The van der Waals surface area contributed by atoms with Gasteiger partial charge in [0, 0.05) is 19.4 Å². The van der Waals surface area contributed by atoms with E-state index in [4.69, 9.17) is 16.6 Å². The molecule has 0 radical (unpaired) electrons. The Balaban J connectivity index is 0.000000315. The molecule has 0 bridgehead atoms. The van der Waals surface area contributed by atoms with Crippen LogP contribution in [0.1, 0.15) is 19.3 Å². The number of aliphatic carboxylic acids is 1. The maximum atomic E-state index is 10.1. The summed E-state index contributed by atoms with van der Waals surface area (Å²) in [4.78, 5) is 13.9. The van der Waals surface area contributed by atoms with E-state index in [1.807, 2.05) is 17.8 Å². The third-order valence-corrected chi connectivity index (χ3v) is 1.92. The highest BCUT2D eigenvalue weighted by atomic mass is 16.4. The summed E-state index contributed by atoms with van der Waals surface area (Å²) in [5, 5.41) is 8.33. The number of unbranched alkanes of at least 4 members (excludes halogenated alkanes) is 1. The molecule has 0 aromatic carbocycles. The van der Waals surface area contributed by atoms with Gasteiger partial charge in [0.2, 0.25) is 0 Å². The largest absolute Gasteiger partial charge is 0.480 e. The minimum atomic E-state index is -0.933. The molecule has 0 aliphatic carbocycles. The summed E-state index contributed by atoms with van der Waals surface area (Å²) in [6.07, 6.45) is 7.55. The van der Waals surface area contributed by atoms with Crippen LogP contribution in [-0.4, -0.2) is 33.2 Å². The fourth-order valence-corrected chi connectivity index (χ4v) is 0.958. The summed E-state index contributed by atoms with van der Waals surface area (Å²) in [6, 6.07) is -0.716. The van der Waals surface area contributed by atoms with E-state index in [9.17, 15) is 4.79 Å². The number of nitrogens with two attached hydrogens (primary N) is 2. The van der Waals surface area contributed by atoms with E-state index in [0.29, 0.717) is 13.0 Å². The number of carboxylic acid groups (broad SMARTS) is 1. The standard InChI is InChI=1S/C6H14N2O2.C4H6N2/c7-4-2-1-3-5(8)6(9)10;1-6-3-2-5-4-6/h5H,1-4,7-8H2,(H,9,10);2-4H,1H3/t5-;/m0./s1. The van der Waals surface area contributed by atoms with E-state index in [-0.39, 0.29) is 0 Å². The summed E-state index contributed by atoms with van der Waals surface area (Å²) >= 11 is 0. The van der Waals surface area contributed by atoms with Crippen LogP contribution >= 0.6 is 0 Å². The fourth-order valence-electron chi connectivity index (χ4n) is 0.958. The van der Waals surface area contributed by atoms with Crippen LogP contribution in [0, 0.1) is 0 Å². The lowest BCUT2D eigenvalue weighted by atomic mass is 10.1. The molecule has 6 nitrogen and oxygen atoms in total. The van der Waals surface area contributed by atoms with Gasteiger partial charge in [0.25, 0.3) is 0 Å². The van der Waals surface area contributed by atoms with Crippen LogP contribution in [0.15, 0.2) is 18.7 Å². The molecule has 1 rings (SSSR count). The molecule has 0 saturated carbocycles. The number of imidazole rings is 1. The van der Waals surface area contributed by atoms with Crippen LogP contribution in [-0.2, 0) is 11.8 Å². The van der Waals surface area contributed by atoms with Gasteiger partial charge in [0.15, 0.2) is 0 Å². The van der Waals surface area contributed by atoms with Crippen LogP contribution in [0.5, 0.6) is 0 Å². The SMILES string of the molecule is Cn1ccnc1.NCCCC[C@H](N)C(=O)O. The Kier molecular flexibility index (Phi) is 8.10. The Morgan fingerprint density at radius 1 is 1.56 bits per heavy atom. The Bertz CT molecular complexity index is 274. The maximum absolute atomic E-state index is 10.1. The zero-order chi connectivity index (χ0) is 12.4. The smallest absolute Gasteiger partial charge is 0.320 e. The second kappa shape index (κ2) is 8.87. The first-order valence-corrected chi connectivity index (χ1v) is 5.18. The third-order valence-electron chi connectivity index (χ3n) is 1.92. The van der Waals surface area contributed by atoms with Crippen LogP contribution in [0.4, 0.5) is 0 Å². The number of nitrogens with zero attached hydrogens (tertiary/aromatic N) is 2. The zero-order valence-corrected chi connectivity index (χ0v) is 9.54. The molecular formula is C10H20N4O2. The predicted molar refractivity (Wildman–Crippen MR) is 61.7 cm³/mol. The molecule has 6 heteroatoms. The van der Waals surface area contributed by atoms with Crippen molar-refractivity contribution in [2.75, 3.05) is 6.54 Å². The second-order valence-electron chi connectivity index (χ2n) is 3.46. The van der Waals surface area contributed by atoms with Crippen molar-refractivity contribution in [3.05, 3.63) is 18.7 Å². The van der Waals surface area contributed by atoms with Gasteiger partial charge in [-0.1, -0.05) is 6.42 Å². The number of hydrogen-bond donors (Lipinski definition) is 3. The molecule has 16 heavy (non-hydrogen) atoms. The fraction of sp³-hybridized carbons (Fsp3) is 0.600. The summed E-state index contributed by atoms with van der Waals surface area (Å²) in [5.74, 6) is -0.933. The maximum Gasteiger partial charge on any atom is 0.320 e. The molecule has 0 unspecified atom stereocenters. The summed E-state index contributed by atoms with van der Waals surface area (Å²) in [5.41, 5.74) is 10.4. The lowest BCUT2D eigenvalue weighted by molar-refractivity contribution is -0.138. The lowest BCUT2D eigenvalue weighted by Gasteiger charge is -2.03. The number of carboxylic acids is 1. The van der Waals surface area contributed by atoms with E-state index in [1.54, 1.807) is 12.5 Å². The van der Waals surface area contributed by atoms with Gasteiger partial charge < -0.3 is 21.1 Å². The van der Waals surface area contributed by atoms with Gasteiger partial charge in [-0.25, -0.2) is 4.98 Å². The monoisotopic (exact) mass is 228 g/mol. The van der Waals surface area contributed by atoms with Gasteiger partial charge in [-0.15, -0.1) is 0 Å². The minimum Gasteiger partial charge on any atom is -0.480 e. The molecule has 0 aliphatic rings. The van der Waals surface area contributed by atoms with Crippen LogP contribution in [0.25, 0.3) is 0 Å². The van der Waals surface area contributed by atoms with Crippen LogP contribution in [0.2, 0.25) is 0 Å². The van der Waals surface area contributed by atoms with E-state index < -0.39 is 12.0 Å². The van der Waals surface area contributed by atoms with Crippen molar-refractivity contribution >= 4 is 5.97 Å². The van der Waals surface area contributed by atoms with E-state index >= 15 is 0 Å². The van der Waals surface area contributed by atoms with E-state index in [1.165, 1.54) is 0 Å². The van der Waals surface area contributed by atoms with Crippen molar-refractivity contribution in [3.63, 3.8) is 0 Å². The Morgan fingerprint density at radius 3 is 2.56 bits per heavy atom. The van der Waals surface area contributed by atoms with E-state index in [0.717, 1.165) is 12.8 Å². The molecule has 92 valence electrons. The van der Waals surface area contributed by atoms with E-state index in [2.05, 4.69) is 4.98 Å². The first-order chi connectivity index (χ1) is 7.57. The molecule has 0 spiro atoms. The number of hydrogen-bond acceptors (Lipinski definition) is 4. The normalized spacial score (nSPS) is 11.4. The van der Waals surface area contributed by atoms with Crippen LogP contribution in [0.3, 0.4) is 0 Å².